The Morgan fingerprint density at radius 1 is 1.00 bits per heavy atom. The van der Waals surface area contributed by atoms with E-state index in [-0.39, 0.29) is 24.4 Å². The zero-order chi connectivity index (χ0) is 20.6. The molecule has 1 N–H and O–H groups in total. The largest absolute Gasteiger partial charge is 0.356 e. The van der Waals surface area contributed by atoms with Crippen molar-refractivity contribution < 1.29 is 9.59 Å². The van der Waals surface area contributed by atoms with Crippen LogP contribution >= 0.6 is 0 Å². The van der Waals surface area contributed by atoms with Crippen molar-refractivity contribution in [3.8, 4) is 0 Å². The summed E-state index contributed by atoms with van der Waals surface area (Å²) < 4.78 is 2.15. The van der Waals surface area contributed by atoms with E-state index in [9.17, 15) is 9.59 Å². The lowest BCUT2D eigenvalue weighted by Gasteiger charge is -2.46. The van der Waals surface area contributed by atoms with Crippen LogP contribution in [0.2, 0.25) is 0 Å². The quantitative estimate of drug-likeness (QED) is 0.536. The Bertz CT molecular complexity index is 1350. The highest BCUT2D eigenvalue weighted by molar-refractivity contribution is 5.97. The number of likely N-dealkylation sites (N-methyl/N-ethyl adjacent to an activating group) is 1. The van der Waals surface area contributed by atoms with E-state index in [0.717, 1.165) is 38.8 Å². The Labute approximate surface area is 173 Å². The maximum absolute atomic E-state index is 13.2. The normalized spacial score (nSPS) is 21.4. The molecule has 2 amide bonds. The molecule has 2 unspecified atom stereocenters. The summed E-state index contributed by atoms with van der Waals surface area (Å²) in [6.07, 6.45) is 0.536. The van der Waals surface area contributed by atoms with Gasteiger partial charge in [0.15, 0.2) is 0 Å². The third-order valence-electron chi connectivity index (χ3n) is 6.72. The summed E-state index contributed by atoms with van der Waals surface area (Å²) in [4.78, 5) is 33.3. The number of carbonyl (C=O) groups is 2. The number of carbonyl (C=O) groups excluding carboxylic acids is 2. The van der Waals surface area contributed by atoms with Crippen LogP contribution in [0, 0.1) is 0 Å². The van der Waals surface area contributed by atoms with Crippen molar-refractivity contribution in [3.63, 3.8) is 0 Å². The van der Waals surface area contributed by atoms with Gasteiger partial charge >= 0.3 is 0 Å². The number of rotatable bonds is 1. The lowest BCUT2D eigenvalue weighted by molar-refractivity contribution is -0.157. The Morgan fingerprint density at radius 3 is 2.60 bits per heavy atom. The fourth-order valence-electron chi connectivity index (χ4n) is 5.29. The van der Waals surface area contributed by atoms with Gasteiger partial charge in [0.2, 0.25) is 11.8 Å². The van der Waals surface area contributed by atoms with Crippen molar-refractivity contribution in [2.75, 3.05) is 13.6 Å². The number of piperazine rings is 1. The van der Waals surface area contributed by atoms with E-state index < -0.39 is 6.04 Å². The van der Waals surface area contributed by atoms with E-state index in [1.807, 2.05) is 36.2 Å². The summed E-state index contributed by atoms with van der Waals surface area (Å²) in [6.45, 7) is 0.116. The molecule has 0 radical (unpaired) electrons. The molecule has 4 heterocycles. The fraction of sp³-hybridized carbons (Fsp3) is 0.250. The van der Waals surface area contributed by atoms with E-state index in [4.69, 9.17) is 0 Å². The smallest absolute Gasteiger partial charge is 0.245 e. The number of para-hydroxylation sites is 2. The second kappa shape index (κ2) is 5.98. The van der Waals surface area contributed by atoms with Crippen LogP contribution in [0.1, 0.15) is 23.0 Å². The monoisotopic (exact) mass is 398 g/mol. The molecule has 2 aliphatic rings. The van der Waals surface area contributed by atoms with Crippen LogP contribution in [0.25, 0.3) is 21.8 Å². The average Bonchev–Trinajstić information content (AvgIpc) is 3.29. The molecule has 6 nitrogen and oxygen atoms in total. The van der Waals surface area contributed by atoms with E-state index >= 15 is 0 Å². The van der Waals surface area contributed by atoms with Crippen LogP contribution in [0.15, 0.2) is 54.6 Å². The van der Waals surface area contributed by atoms with Gasteiger partial charge in [0.05, 0.1) is 6.54 Å². The second-order valence-electron chi connectivity index (χ2n) is 8.37. The summed E-state index contributed by atoms with van der Waals surface area (Å²) >= 11 is 0. The molecule has 6 rings (SSSR count). The van der Waals surface area contributed by atoms with Crippen LogP contribution in [-0.4, -0.2) is 50.8 Å². The number of nitrogens with one attached hydrogen (secondary N) is 1. The minimum atomic E-state index is -0.481. The highest BCUT2D eigenvalue weighted by Gasteiger charge is 2.48. The number of hydrogen-bond acceptors (Lipinski definition) is 2. The summed E-state index contributed by atoms with van der Waals surface area (Å²) in [5.41, 5.74) is 5.32. The van der Waals surface area contributed by atoms with Crippen molar-refractivity contribution >= 4 is 33.6 Å². The molecule has 2 atom stereocenters. The highest BCUT2D eigenvalue weighted by Crippen LogP contribution is 2.43. The van der Waals surface area contributed by atoms with Gasteiger partial charge in [-0.1, -0.05) is 36.4 Å². The molecular weight excluding hydrogens is 376 g/mol. The molecule has 0 saturated carbocycles. The molecule has 1 saturated heterocycles. The van der Waals surface area contributed by atoms with Gasteiger partial charge in [-0.25, -0.2) is 0 Å². The number of aromatic amines is 1. The summed E-state index contributed by atoms with van der Waals surface area (Å²) in [7, 11) is 3.75. The summed E-state index contributed by atoms with van der Waals surface area (Å²) in [5, 5.41) is 2.26. The number of benzene rings is 2. The van der Waals surface area contributed by atoms with Gasteiger partial charge in [0, 0.05) is 48.3 Å². The number of nitrogens with zero attached hydrogens (tertiary/aromatic N) is 3. The molecule has 6 heteroatoms. The maximum Gasteiger partial charge on any atom is 0.245 e. The van der Waals surface area contributed by atoms with Crippen LogP contribution in [0.4, 0.5) is 0 Å². The number of H-pyrrole nitrogens is 1. The Balaban J connectivity index is 1.65. The molecule has 2 aromatic carbocycles. The molecule has 4 aromatic rings. The first-order chi connectivity index (χ1) is 14.5. The molecule has 1 fully saturated rings. The van der Waals surface area contributed by atoms with E-state index in [0.29, 0.717) is 6.42 Å². The lowest BCUT2D eigenvalue weighted by atomic mass is 9.88. The van der Waals surface area contributed by atoms with E-state index in [2.05, 4.69) is 39.9 Å². The fourth-order valence-corrected chi connectivity index (χ4v) is 5.29. The summed E-state index contributed by atoms with van der Waals surface area (Å²) in [6, 6.07) is 17.7. The van der Waals surface area contributed by atoms with Gasteiger partial charge in [0.1, 0.15) is 12.1 Å². The number of amides is 2. The minimum absolute atomic E-state index is 0.00861. The first-order valence-electron chi connectivity index (χ1n) is 10.2. The maximum atomic E-state index is 13.2. The Hall–Kier alpha value is -3.54. The van der Waals surface area contributed by atoms with E-state index in [1.54, 1.807) is 11.9 Å². The van der Waals surface area contributed by atoms with Gasteiger partial charge in [-0.2, -0.15) is 0 Å². The third kappa shape index (κ3) is 2.19. The highest BCUT2D eigenvalue weighted by atomic mass is 16.2. The van der Waals surface area contributed by atoms with Crippen LogP contribution in [0.3, 0.4) is 0 Å². The van der Waals surface area contributed by atoms with Crippen LogP contribution < -0.4 is 0 Å². The zero-order valence-corrected chi connectivity index (χ0v) is 16.9. The van der Waals surface area contributed by atoms with Gasteiger partial charge in [-0.15, -0.1) is 0 Å². The van der Waals surface area contributed by atoms with Gasteiger partial charge < -0.3 is 19.4 Å². The number of aryl methyl sites for hydroxylation is 1. The molecule has 2 aromatic heterocycles. The number of hydrogen-bond donors (Lipinski definition) is 1. The standard InChI is InChI=1S/C24H22N4O2/c1-26-13-21(29)28-20(24(26)30)12-16-15-8-4-5-9-17(15)25-22(16)23(28)19-11-14-7-3-6-10-18(14)27(19)2/h3-11,20,23,25H,12-13H2,1-2H3. The van der Waals surface area contributed by atoms with Gasteiger partial charge in [-0.3, -0.25) is 9.59 Å². The average molecular weight is 398 g/mol. The minimum Gasteiger partial charge on any atom is -0.356 e. The first-order valence-corrected chi connectivity index (χ1v) is 10.2. The summed E-state index contributed by atoms with van der Waals surface area (Å²) in [5.74, 6) is -0.00374. The van der Waals surface area contributed by atoms with Crippen molar-refractivity contribution in [3.05, 3.63) is 71.5 Å². The predicted octanol–water partition coefficient (Wildman–Crippen LogP) is 2.97. The predicted molar refractivity (Wildman–Crippen MR) is 115 cm³/mol. The lowest BCUT2D eigenvalue weighted by Crippen LogP contribution is -2.62. The number of aromatic nitrogens is 2. The Kier molecular flexibility index (Phi) is 3.46. The molecule has 0 spiro atoms. The van der Waals surface area contributed by atoms with Gasteiger partial charge in [0.25, 0.3) is 0 Å². The topological polar surface area (TPSA) is 61.3 Å². The van der Waals surface area contributed by atoms with Crippen molar-refractivity contribution in [1.82, 2.24) is 19.4 Å². The molecule has 0 bridgehead atoms. The SMILES string of the molecule is CN1CC(=O)N2C(Cc3c([nH]c4ccccc34)C2c2cc3ccccc3n2C)C1=O. The molecular formula is C24H22N4O2. The third-order valence-corrected chi connectivity index (χ3v) is 6.72. The molecule has 2 aliphatic heterocycles. The Morgan fingerprint density at radius 2 is 1.77 bits per heavy atom. The second-order valence-corrected chi connectivity index (χ2v) is 8.37. The number of fused-ring (bicyclic) bond motifs is 5. The molecule has 150 valence electrons. The van der Waals surface area contributed by atoms with Crippen LogP contribution in [0.5, 0.6) is 0 Å². The molecule has 30 heavy (non-hydrogen) atoms. The van der Waals surface area contributed by atoms with Crippen molar-refractivity contribution in [1.29, 1.82) is 0 Å². The van der Waals surface area contributed by atoms with Crippen molar-refractivity contribution in [2.24, 2.45) is 7.05 Å². The zero-order valence-electron chi connectivity index (χ0n) is 16.9. The van der Waals surface area contributed by atoms with Gasteiger partial charge in [-0.05, 0) is 29.1 Å². The van der Waals surface area contributed by atoms with Crippen molar-refractivity contribution in [2.45, 2.75) is 18.5 Å². The molecule has 0 aliphatic carbocycles. The first kappa shape index (κ1) is 17.3. The van der Waals surface area contributed by atoms with E-state index in [1.165, 1.54) is 0 Å². The van der Waals surface area contributed by atoms with Crippen LogP contribution in [-0.2, 0) is 23.1 Å².